The summed E-state index contributed by atoms with van der Waals surface area (Å²) in [6, 6.07) is 10.3. The van der Waals surface area contributed by atoms with Crippen LogP contribution in [0.5, 0.6) is 5.75 Å². The van der Waals surface area contributed by atoms with Crippen LogP contribution in [-0.4, -0.2) is 12.4 Å². The van der Waals surface area contributed by atoms with E-state index < -0.39 is 0 Å². The average molecular weight is 298 g/mol. The van der Waals surface area contributed by atoms with Gasteiger partial charge in [-0.1, -0.05) is 18.2 Å². The highest BCUT2D eigenvalue weighted by molar-refractivity contribution is 7.14. The van der Waals surface area contributed by atoms with Crippen LogP contribution in [0.1, 0.15) is 50.9 Å². The molecule has 2 aromatic rings. The van der Waals surface area contributed by atoms with E-state index in [1.807, 2.05) is 18.2 Å². The summed E-state index contributed by atoms with van der Waals surface area (Å²) in [7, 11) is 0. The summed E-state index contributed by atoms with van der Waals surface area (Å²) in [6.07, 6.45) is 5.11. The van der Waals surface area contributed by atoms with Crippen molar-refractivity contribution < 1.29 is 9.53 Å². The van der Waals surface area contributed by atoms with Gasteiger partial charge in [0.25, 0.3) is 0 Å². The second-order valence-electron chi connectivity index (χ2n) is 5.91. The summed E-state index contributed by atoms with van der Waals surface area (Å²) in [6.45, 7) is 0.718. The van der Waals surface area contributed by atoms with Gasteiger partial charge < -0.3 is 4.74 Å². The smallest absolute Gasteiger partial charge is 0.173 e. The lowest BCUT2D eigenvalue weighted by Gasteiger charge is -2.25. The largest absolute Gasteiger partial charge is 0.493 e. The first-order chi connectivity index (χ1) is 10.3. The van der Waals surface area contributed by atoms with Gasteiger partial charge in [-0.2, -0.15) is 0 Å². The summed E-state index contributed by atoms with van der Waals surface area (Å²) < 4.78 is 5.68. The molecule has 0 N–H and O–H groups in total. The second kappa shape index (κ2) is 5.30. The van der Waals surface area contributed by atoms with Gasteiger partial charge in [0.1, 0.15) is 5.75 Å². The van der Waals surface area contributed by atoms with E-state index in [-0.39, 0.29) is 0 Å². The van der Waals surface area contributed by atoms with Crippen molar-refractivity contribution in [3.05, 3.63) is 51.2 Å². The fraction of sp³-hybridized carbons (Fsp3) is 0.389. The van der Waals surface area contributed by atoms with Crippen LogP contribution in [0.15, 0.2) is 30.3 Å². The van der Waals surface area contributed by atoms with Crippen LogP contribution in [0, 0.1) is 0 Å². The number of para-hydroxylation sites is 1. The molecule has 4 rings (SSSR count). The van der Waals surface area contributed by atoms with Crippen LogP contribution in [0.3, 0.4) is 0 Å². The van der Waals surface area contributed by atoms with Gasteiger partial charge in [-0.25, -0.2) is 0 Å². The van der Waals surface area contributed by atoms with E-state index >= 15 is 0 Å². The standard InChI is InChI=1S/C18H18O2S/c19-15(18-11-13-4-3-7-17(13)21-18)10-12-8-9-20-16-6-2-1-5-14(12)16/h1-2,5-6,11-12H,3-4,7-10H2. The van der Waals surface area contributed by atoms with E-state index in [0.29, 0.717) is 18.1 Å². The van der Waals surface area contributed by atoms with Gasteiger partial charge in [-0.05, 0) is 54.9 Å². The highest BCUT2D eigenvalue weighted by Gasteiger charge is 2.25. The van der Waals surface area contributed by atoms with Crippen LogP contribution in [0.2, 0.25) is 0 Å². The molecule has 2 aliphatic rings. The predicted molar refractivity (Wildman–Crippen MR) is 84.6 cm³/mol. The number of fused-ring (bicyclic) bond motifs is 2. The van der Waals surface area contributed by atoms with Gasteiger partial charge >= 0.3 is 0 Å². The molecule has 1 unspecified atom stereocenters. The highest BCUT2D eigenvalue weighted by atomic mass is 32.1. The fourth-order valence-corrected chi connectivity index (χ4v) is 4.62. The number of benzene rings is 1. The Morgan fingerprint density at radius 3 is 3.10 bits per heavy atom. The third-order valence-electron chi connectivity index (χ3n) is 4.54. The molecule has 0 spiro atoms. The molecule has 0 saturated carbocycles. The van der Waals surface area contributed by atoms with Crippen LogP contribution in [-0.2, 0) is 12.8 Å². The van der Waals surface area contributed by atoms with Gasteiger partial charge in [0.15, 0.2) is 5.78 Å². The average Bonchev–Trinajstić information content (AvgIpc) is 3.09. The third-order valence-corrected chi connectivity index (χ3v) is 5.81. The minimum atomic E-state index is 0.302. The zero-order valence-corrected chi connectivity index (χ0v) is 12.7. The Morgan fingerprint density at radius 1 is 1.29 bits per heavy atom. The van der Waals surface area contributed by atoms with E-state index in [1.165, 1.54) is 22.4 Å². The van der Waals surface area contributed by atoms with E-state index in [9.17, 15) is 4.79 Å². The molecule has 1 aromatic heterocycles. The number of ketones is 1. The minimum Gasteiger partial charge on any atom is -0.493 e. The third kappa shape index (κ3) is 2.40. The first-order valence-electron chi connectivity index (χ1n) is 7.68. The molecule has 0 amide bonds. The SMILES string of the molecule is O=C(CC1CCOc2ccccc21)c1cc2c(s1)CCC2. The van der Waals surface area contributed by atoms with Gasteiger partial charge in [-0.3, -0.25) is 4.79 Å². The summed E-state index contributed by atoms with van der Waals surface area (Å²) >= 11 is 1.72. The number of thiophene rings is 1. The molecule has 0 saturated heterocycles. The molecular weight excluding hydrogens is 280 g/mol. The minimum absolute atomic E-state index is 0.302. The van der Waals surface area contributed by atoms with Crippen LogP contribution < -0.4 is 4.74 Å². The molecule has 108 valence electrons. The first kappa shape index (κ1) is 13.1. The van der Waals surface area contributed by atoms with Crippen molar-refractivity contribution in [2.75, 3.05) is 6.61 Å². The number of Topliss-reactive ketones (excluding diaryl/α,β-unsaturated/α-hetero) is 1. The lowest BCUT2D eigenvalue weighted by Crippen LogP contribution is -2.16. The van der Waals surface area contributed by atoms with E-state index in [2.05, 4.69) is 12.1 Å². The van der Waals surface area contributed by atoms with Gasteiger partial charge in [0, 0.05) is 11.3 Å². The van der Waals surface area contributed by atoms with Crippen molar-refractivity contribution in [2.45, 2.75) is 38.0 Å². The van der Waals surface area contributed by atoms with Crippen LogP contribution >= 0.6 is 11.3 Å². The Kier molecular flexibility index (Phi) is 3.30. The van der Waals surface area contributed by atoms with Crippen LogP contribution in [0.25, 0.3) is 0 Å². The Labute approximate surface area is 128 Å². The number of rotatable bonds is 3. The summed E-state index contributed by atoms with van der Waals surface area (Å²) in [4.78, 5) is 15.0. The Bertz CT molecular complexity index is 665. The number of carbonyl (C=O) groups is 1. The van der Waals surface area contributed by atoms with Crippen molar-refractivity contribution >= 4 is 17.1 Å². The predicted octanol–water partition coefficient (Wildman–Crippen LogP) is 4.38. The quantitative estimate of drug-likeness (QED) is 0.786. The number of ether oxygens (including phenoxy) is 1. The van der Waals surface area contributed by atoms with Crippen LogP contribution in [0.4, 0.5) is 0 Å². The van der Waals surface area contributed by atoms with Crippen molar-refractivity contribution in [2.24, 2.45) is 0 Å². The molecule has 21 heavy (non-hydrogen) atoms. The summed E-state index contributed by atoms with van der Waals surface area (Å²) in [5.74, 6) is 1.56. The molecule has 1 aliphatic heterocycles. The molecule has 2 heterocycles. The highest BCUT2D eigenvalue weighted by Crippen LogP contribution is 2.37. The Morgan fingerprint density at radius 2 is 2.19 bits per heavy atom. The van der Waals surface area contributed by atoms with Crippen molar-refractivity contribution in [3.8, 4) is 5.75 Å². The lowest BCUT2D eigenvalue weighted by molar-refractivity contribution is 0.0969. The van der Waals surface area contributed by atoms with Crippen molar-refractivity contribution in [3.63, 3.8) is 0 Å². The molecule has 0 radical (unpaired) electrons. The molecule has 1 aliphatic carbocycles. The lowest BCUT2D eigenvalue weighted by atomic mass is 9.88. The van der Waals surface area contributed by atoms with E-state index in [1.54, 1.807) is 11.3 Å². The molecule has 1 aromatic carbocycles. The zero-order chi connectivity index (χ0) is 14.2. The normalized spacial score (nSPS) is 19.7. The molecule has 3 heteroatoms. The molecule has 2 nitrogen and oxygen atoms in total. The van der Waals surface area contributed by atoms with Gasteiger partial charge in [0.2, 0.25) is 0 Å². The summed E-state index contributed by atoms with van der Waals surface area (Å²) in [5.41, 5.74) is 2.61. The Hall–Kier alpha value is -1.61. The molecule has 1 atom stereocenters. The first-order valence-corrected chi connectivity index (χ1v) is 8.49. The van der Waals surface area contributed by atoms with Crippen molar-refractivity contribution in [1.82, 2.24) is 0 Å². The summed E-state index contributed by atoms with van der Waals surface area (Å²) in [5, 5.41) is 0. The molecule has 0 bridgehead atoms. The number of hydrogen-bond donors (Lipinski definition) is 0. The van der Waals surface area contributed by atoms with Gasteiger partial charge in [0.05, 0.1) is 11.5 Å². The van der Waals surface area contributed by atoms with Crippen molar-refractivity contribution in [1.29, 1.82) is 0 Å². The molecule has 0 fully saturated rings. The molecular formula is C18H18O2S. The maximum Gasteiger partial charge on any atom is 0.173 e. The maximum absolute atomic E-state index is 12.6. The van der Waals surface area contributed by atoms with Gasteiger partial charge in [-0.15, -0.1) is 11.3 Å². The fourth-order valence-electron chi connectivity index (χ4n) is 3.42. The maximum atomic E-state index is 12.6. The second-order valence-corrected chi connectivity index (χ2v) is 7.05. The van der Waals surface area contributed by atoms with E-state index in [0.717, 1.165) is 36.5 Å². The number of carbonyl (C=O) groups excluding carboxylic acids is 1. The number of aryl methyl sites for hydroxylation is 2. The monoisotopic (exact) mass is 298 g/mol. The topological polar surface area (TPSA) is 26.3 Å². The number of hydrogen-bond acceptors (Lipinski definition) is 3. The zero-order valence-electron chi connectivity index (χ0n) is 11.9. The van der Waals surface area contributed by atoms with E-state index in [4.69, 9.17) is 4.74 Å². The Balaban J connectivity index is 1.54.